The van der Waals surface area contributed by atoms with E-state index in [1.54, 1.807) is 15.9 Å². The van der Waals surface area contributed by atoms with Crippen molar-refractivity contribution in [2.45, 2.75) is 25.9 Å². The Morgan fingerprint density at radius 1 is 1.36 bits per heavy atom. The standard InChI is InChI=1S/C17H17BrN4OS2/c1-10(12-5-3-6-13(18)9-12)19-16(23)11(2)22-15(20-21-17(22)24)14-7-4-8-25-14/h3-11H,1-2H3,(H,19,23)(H,21,24)/t10-,11-/m1/s1. The molecule has 0 spiro atoms. The Kier molecular flexibility index (Phi) is 5.51. The summed E-state index contributed by atoms with van der Waals surface area (Å²) in [5.41, 5.74) is 1.03. The summed E-state index contributed by atoms with van der Waals surface area (Å²) in [5.74, 6) is 0.570. The molecule has 5 nitrogen and oxygen atoms in total. The lowest BCUT2D eigenvalue weighted by molar-refractivity contribution is -0.124. The van der Waals surface area contributed by atoms with Crippen LogP contribution in [-0.4, -0.2) is 20.7 Å². The molecule has 2 atom stereocenters. The summed E-state index contributed by atoms with van der Waals surface area (Å²) in [5, 5.41) is 12.1. The molecule has 0 aliphatic heterocycles. The molecule has 0 unspecified atom stereocenters. The van der Waals surface area contributed by atoms with E-state index in [4.69, 9.17) is 12.2 Å². The quantitative estimate of drug-likeness (QED) is 0.560. The molecule has 2 heterocycles. The zero-order valence-electron chi connectivity index (χ0n) is 13.7. The lowest BCUT2D eigenvalue weighted by atomic mass is 10.1. The van der Waals surface area contributed by atoms with Crippen molar-refractivity contribution in [1.29, 1.82) is 0 Å². The van der Waals surface area contributed by atoms with Gasteiger partial charge in [0.05, 0.1) is 10.9 Å². The molecule has 0 aliphatic carbocycles. The Balaban J connectivity index is 1.82. The van der Waals surface area contributed by atoms with Crippen molar-refractivity contribution in [3.8, 4) is 10.7 Å². The Morgan fingerprint density at radius 2 is 2.16 bits per heavy atom. The molecule has 1 aromatic carbocycles. The van der Waals surface area contributed by atoms with Crippen molar-refractivity contribution < 1.29 is 4.79 Å². The van der Waals surface area contributed by atoms with E-state index in [1.807, 2.05) is 55.6 Å². The number of nitrogens with zero attached hydrogens (tertiary/aromatic N) is 2. The van der Waals surface area contributed by atoms with Gasteiger partial charge in [0.1, 0.15) is 6.04 Å². The number of rotatable bonds is 5. The van der Waals surface area contributed by atoms with Gasteiger partial charge in [-0.2, -0.15) is 5.10 Å². The van der Waals surface area contributed by atoms with Gasteiger partial charge >= 0.3 is 0 Å². The number of aromatic nitrogens is 3. The number of thiophene rings is 1. The van der Waals surface area contributed by atoms with Crippen molar-refractivity contribution >= 4 is 45.4 Å². The van der Waals surface area contributed by atoms with E-state index < -0.39 is 6.04 Å². The third-order valence-electron chi connectivity index (χ3n) is 3.92. The van der Waals surface area contributed by atoms with Gasteiger partial charge in [0, 0.05) is 4.47 Å². The first-order valence-corrected chi connectivity index (χ1v) is 9.82. The molecule has 25 heavy (non-hydrogen) atoms. The van der Waals surface area contributed by atoms with Crippen LogP contribution in [0.25, 0.3) is 10.7 Å². The Bertz CT molecular complexity index is 932. The van der Waals surface area contributed by atoms with Gasteiger partial charge in [-0.15, -0.1) is 11.3 Å². The number of hydrogen-bond acceptors (Lipinski definition) is 4. The third kappa shape index (κ3) is 3.91. The van der Waals surface area contributed by atoms with Gasteiger partial charge in [-0.1, -0.05) is 34.1 Å². The van der Waals surface area contributed by atoms with Crippen LogP contribution in [0.5, 0.6) is 0 Å². The minimum absolute atomic E-state index is 0.109. The highest BCUT2D eigenvalue weighted by Crippen LogP contribution is 2.26. The Labute approximate surface area is 163 Å². The largest absolute Gasteiger partial charge is 0.348 e. The van der Waals surface area contributed by atoms with Gasteiger partial charge in [0.15, 0.2) is 10.6 Å². The van der Waals surface area contributed by atoms with Gasteiger partial charge in [0.25, 0.3) is 0 Å². The molecule has 2 N–H and O–H groups in total. The maximum absolute atomic E-state index is 12.8. The van der Waals surface area contributed by atoms with Crippen molar-refractivity contribution in [2.75, 3.05) is 0 Å². The number of hydrogen-bond donors (Lipinski definition) is 2. The van der Waals surface area contributed by atoms with Crippen LogP contribution in [-0.2, 0) is 4.79 Å². The zero-order chi connectivity index (χ0) is 18.0. The summed E-state index contributed by atoms with van der Waals surface area (Å²) < 4.78 is 3.17. The summed E-state index contributed by atoms with van der Waals surface area (Å²) in [6.45, 7) is 3.78. The normalized spacial score (nSPS) is 13.4. The third-order valence-corrected chi connectivity index (χ3v) is 5.57. The van der Waals surface area contributed by atoms with E-state index in [2.05, 4.69) is 31.4 Å². The fourth-order valence-corrected chi connectivity index (χ4v) is 3.97. The topological polar surface area (TPSA) is 62.7 Å². The van der Waals surface area contributed by atoms with Crippen LogP contribution in [0.1, 0.15) is 31.5 Å². The van der Waals surface area contributed by atoms with Crippen molar-refractivity contribution in [2.24, 2.45) is 0 Å². The smallest absolute Gasteiger partial charge is 0.243 e. The lowest BCUT2D eigenvalue weighted by Crippen LogP contribution is -2.33. The summed E-state index contributed by atoms with van der Waals surface area (Å²) in [6, 6.07) is 11.2. The van der Waals surface area contributed by atoms with E-state index >= 15 is 0 Å². The van der Waals surface area contributed by atoms with Gasteiger partial charge in [-0.05, 0) is 55.2 Å². The molecule has 0 bridgehead atoms. The molecule has 0 fully saturated rings. The Hall–Kier alpha value is -1.77. The molecule has 8 heteroatoms. The minimum atomic E-state index is -0.474. The summed E-state index contributed by atoms with van der Waals surface area (Å²) in [4.78, 5) is 13.7. The number of halogens is 1. The zero-order valence-corrected chi connectivity index (χ0v) is 16.9. The fourth-order valence-electron chi connectivity index (χ4n) is 2.55. The van der Waals surface area contributed by atoms with E-state index in [-0.39, 0.29) is 11.9 Å². The number of carbonyl (C=O) groups is 1. The number of H-pyrrole nitrogens is 1. The van der Waals surface area contributed by atoms with Gasteiger partial charge in [-0.3, -0.25) is 14.5 Å². The number of carbonyl (C=O) groups excluding carboxylic acids is 1. The first-order chi connectivity index (χ1) is 12.0. The lowest BCUT2D eigenvalue weighted by Gasteiger charge is -2.19. The molecule has 0 radical (unpaired) electrons. The van der Waals surface area contributed by atoms with Crippen LogP contribution in [0.2, 0.25) is 0 Å². The monoisotopic (exact) mass is 436 g/mol. The van der Waals surface area contributed by atoms with Crippen LogP contribution < -0.4 is 5.32 Å². The van der Waals surface area contributed by atoms with Crippen LogP contribution in [0.3, 0.4) is 0 Å². The maximum Gasteiger partial charge on any atom is 0.243 e. The van der Waals surface area contributed by atoms with E-state index in [0.717, 1.165) is 14.9 Å². The molecule has 0 aliphatic rings. The van der Waals surface area contributed by atoms with Crippen LogP contribution in [0.4, 0.5) is 0 Å². The average molecular weight is 437 g/mol. The number of amides is 1. The molecule has 0 saturated heterocycles. The maximum atomic E-state index is 12.8. The molecule has 1 amide bonds. The number of benzene rings is 1. The van der Waals surface area contributed by atoms with E-state index in [0.29, 0.717) is 10.6 Å². The van der Waals surface area contributed by atoms with E-state index in [1.165, 1.54) is 0 Å². The van der Waals surface area contributed by atoms with Crippen molar-refractivity contribution in [3.05, 3.63) is 56.6 Å². The van der Waals surface area contributed by atoms with Crippen molar-refractivity contribution in [3.63, 3.8) is 0 Å². The van der Waals surface area contributed by atoms with Crippen LogP contribution >= 0.6 is 39.5 Å². The van der Waals surface area contributed by atoms with Gasteiger partial charge < -0.3 is 5.32 Å². The first kappa shape index (κ1) is 18.0. The average Bonchev–Trinajstić information content (AvgIpc) is 3.23. The second-order valence-electron chi connectivity index (χ2n) is 5.66. The number of aromatic amines is 1. The fraction of sp³-hybridized carbons (Fsp3) is 0.235. The van der Waals surface area contributed by atoms with E-state index in [9.17, 15) is 4.79 Å². The number of nitrogens with one attached hydrogen (secondary N) is 2. The summed E-state index contributed by atoms with van der Waals surface area (Å²) in [7, 11) is 0. The van der Waals surface area contributed by atoms with Gasteiger partial charge in [-0.25, -0.2) is 0 Å². The predicted octanol–water partition coefficient (Wildman–Crippen LogP) is 4.87. The Morgan fingerprint density at radius 3 is 2.84 bits per heavy atom. The predicted molar refractivity (Wildman–Crippen MR) is 106 cm³/mol. The molecule has 3 rings (SSSR count). The minimum Gasteiger partial charge on any atom is -0.348 e. The second kappa shape index (κ2) is 7.63. The first-order valence-electron chi connectivity index (χ1n) is 7.74. The summed E-state index contributed by atoms with van der Waals surface area (Å²) in [6.07, 6.45) is 0. The highest BCUT2D eigenvalue weighted by atomic mass is 79.9. The summed E-state index contributed by atoms with van der Waals surface area (Å²) >= 11 is 10.3. The molecule has 0 saturated carbocycles. The second-order valence-corrected chi connectivity index (χ2v) is 7.91. The molecular formula is C17H17BrN4OS2. The molecule has 2 aromatic heterocycles. The van der Waals surface area contributed by atoms with Crippen LogP contribution in [0.15, 0.2) is 46.3 Å². The molecular weight excluding hydrogens is 420 g/mol. The molecule has 3 aromatic rings. The van der Waals surface area contributed by atoms with Crippen molar-refractivity contribution in [1.82, 2.24) is 20.1 Å². The highest BCUT2D eigenvalue weighted by Gasteiger charge is 2.22. The van der Waals surface area contributed by atoms with Gasteiger partial charge in [0.2, 0.25) is 5.91 Å². The van der Waals surface area contributed by atoms with Crippen LogP contribution in [0, 0.1) is 4.77 Å². The molecule has 130 valence electrons. The SMILES string of the molecule is C[C@H](C(=O)N[C@H](C)c1cccc(Br)c1)n1c(-c2cccs2)n[nH]c1=S. The highest BCUT2D eigenvalue weighted by molar-refractivity contribution is 9.10.